The van der Waals surface area contributed by atoms with Gasteiger partial charge in [-0.05, 0) is 45.7 Å². The van der Waals surface area contributed by atoms with Crippen molar-refractivity contribution in [3.05, 3.63) is 24.9 Å². The van der Waals surface area contributed by atoms with Crippen LogP contribution in [0.3, 0.4) is 0 Å². The van der Waals surface area contributed by atoms with Crippen molar-refractivity contribution in [3.63, 3.8) is 0 Å². The number of piperazine rings is 1. The topological polar surface area (TPSA) is 38.7 Å². The van der Waals surface area contributed by atoms with Crippen LogP contribution in [0, 0.1) is 0 Å². The lowest BCUT2D eigenvalue weighted by Gasteiger charge is -2.34. The van der Waals surface area contributed by atoms with Gasteiger partial charge in [0.25, 0.3) is 0 Å². The molecular weight excluding hydrogens is 514 g/mol. The first kappa shape index (κ1) is 53.7. The van der Waals surface area contributed by atoms with Gasteiger partial charge in [-0.25, -0.2) is 0 Å². The Hall–Kier alpha value is -0.840. The average molecular weight is 602 g/mol. The van der Waals surface area contributed by atoms with E-state index < -0.39 is 0 Å². The molecule has 4 nitrogen and oxygen atoms in total. The number of aliphatic hydroxyl groups excluding tert-OH is 1. The Morgan fingerprint density at radius 2 is 1.05 bits per heavy atom. The van der Waals surface area contributed by atoms with E-state index in [1.807, 2.05) is 0 Å². The minimum absolute atomic E-state index is 0. The number of allylic oxidation sites excluding steroid dienone is 1. The Morgan fingerprint density at radius 3 is 1.43 bits per heavy atom. The molecule has 1 heterocycles. The SMILES string of the molecule is C.C.C.C.C=CCCCCCN(CCCCCCCCCCCCCC)CC(=C)N1CCNCC1.CCCC.CCO. The summed E-state index contributed by atoms with van der Waals surface area (Å²) in [5, 5.41) is 11.0. The Morgan fingerprint density at radius 1 is 0.667 bits per heavy atom. The third kappa shape index (κ3) is 41.3. The molecule has 2 N–H and O–H groups in total. The van der Waals surface area contributed by atoms with Gasteiger partial charge in [0.15, 0.2) is 0 Å². The minimum atomic E-state index is 0. The van der Waals surface area contributed by atoms with Gasteiger partial charge in [-0.1, -0.05) is 153 Å². The summed E-state index contributed by atoms with van der Waals surface area (Å²) in [6, 6.07) is 0. The fourth-order valence-corrected chi connectivity index (χ4v) is 4.59. The predicted molar refractivity (Wildman–Crippen MR) is 200 cm³/mol. The van der Waals surface area contributed by atoms with Crippen molar-refractivity contribution in [2.24, 2.45) is 0 Å². The molecule has 0 aromatic heterocycles. The van der Waals surface area contributed by atoms with Crippen LogP contribution in [-0.4, -0.2) is 67.3 Å². The van der Waals surface area contributed by atoms with Gasteiger partial charge in [0.2, 0.25) is 0 Å². The summed E-state index contributed by atoms with van der Waals surface area (Å²) in [5.74, 6) is 0. The van der Waals surface area contributed by atoms with Crippen LogP contribution >= 0.6 is 0 Å². The largest absolute Gasteiger partial charge is 0.397 e. The maximum atomic E-state index is 7.57. The van der Waals surface area contributed by atoms with Crippen molar-refractivity contribution >= 4 is 0 Å². The second-order valence-electron chi connectivity index (χ2n) is 10.9. The van der Waals surface area contributed by atoms with Crippen LogP contribution in [-0.2, 0) is 0 Å². The lowest BCUT2D eigenvalue weighted by atomic mass is 10.1. The molecule has 0 radical (unpaired) electrons. The van der Waals surface area contributed by atoms with E-state index in [1.165, 1.54) is 128 Å². The third-order valence-corrected chi connectivity index (χ3v) is 7.18. The monoisotopic (exact) mass is 602 g/mol. The number of rotatable bonds is 23. The standard InChI is InChI=1S/C28H55N3.C4H10.C2H6O.4CH4/c1-4-6-8-10-11-12-13-14-15-16-18-20-24-30(23-19-17-9-7-5-2)27-28(3)31-25-21-29-22-26-31;1-3-4-2;1-2-3;;;;/h5,29H,2-4,6-27H2,1H3;3-4H2,1-2H3;3H,2H2,1H3;4*1H4. The molecule has 0 atom stereocenters. The van der Waals surface area contributed by atoms with Gasteiger partial charge in [-0.3, -0.25) is 4.90 Å². The fourth-order valence-electron chi connectivity index (χ4n) is 4.59. The van der Waals surface area contributed by atoms with E-state index in [9.17, 15) is 0 Å². The molecule has 0 spiro atoms. The van der Waals surface area contributed by atoms with E-state index in [4.69, 9.17) is 5.11 Å². The molecule has 0 aliphatic carbocycles. The molecule has 1 rings (SSSR count). The van der Waals surface area contributed by atoms with Crippen molar-refractivity contribution in [2.75, 3.05) is 52.4 Å². The molecule has 0 aromatic carbocycles. The van der Waals surface area contributed by atoms with Crippen molar-refractivity contribution in [1.29, 1.82) is 0 Å². The van der Waals surface area contributed by atoms with Gasteiger partial charge >= 0.3 is 0 Å². The van der Waals surface area contributed by atoms with Gasteiger partial charge in [0.1, 0.15) is 0 Å². The van der Waals surface area contributed by atoms with Crippen molar-refractivity contribution < 1.29 is 5.11 Å². The number of aliphatic hydroxyl groups is 1. The molecule has 1 saturated heterocycles. The Kier molecular flexibility index (Phi) is 60.2. The molecule has 1 fully saturated rings. The van der Waals surface area contributed by atoms with Crippen LogP contribution in [0.4, 0.5) is 0 Å². The fraction of sp³-hybridized carbons (Fsp3) is 0.895. The zero-order chi connectivity index (χ0) is 28.5. The van der Waals surface area contributed by atoms with Crippen LogP contribution in [0.1, 0.15) is 173 Å². The van der Waals surface area contributed by atoms with Gasteiger partial charge in [0, 0.05) is 45.0 Å². The van der Waals surface area contributed by atoms with Crippen LogP contribution in [0.15, 0.2) is 24.9 Å². The molecule has 260 valence electrons. The molecule has 0 bridgehead atoms. The zero-order valence-corrected chi connectivity index (χ0v) is 26.7. The van der Waals surface area contributed by atoms with Gasteiger partial charge < -0.3 is 15.3 Å². The highest BCUT2D eigenvalue weighted by atomic mass is 16.2. The number of nitrogens with one attached hydrogen (secondary N) is 1. The van der Waals surface area contributed by atoms with Crippen LogP contribution < -0.4 is 5.32 Å². The maximum absolute atomic E-state index is 7.57. The smallest absolute Gasteiger partial charge is 0.0402 e. The number of hydrogen-bond donors (Lipinski definition) is 2. The van der Waals surface area contributed by atoms with Crippen LogP contribution in [0.25, 0.3) is 0 Å². The second-order valence-corrected chi connectivity index (χ2v) is 10.9. The zero-order valence-electron chi connectivity index (χ0n) is 26.7. The highest BCUT2D eigenvalue weighted by Crippen LogP contribution is 2.13. The third-order valence-electron chi connectivity index (χ3n) is 7.18. The van der Waals surface area contributed by atoms with Crippen molar-refractivity contribution in [1.82, 2.24) is 15.1 Å². The Balaban J connectivity index is -0.000000265. The first-order chi connectivity index (χ1) is 18.6. The molecule has 0 amide bonds. The number of nitrogens with zero attached hydrogens (tertiary/aromatic N) is 2. The molecule has 4 heteroatoms. The molecule has 0 aromatic rings. The predicted octanol–water partition coefficient (Wildman–Crippen LogP) is 11.5. The molecule has 42 heavy (non-hydrogen) atoms. The number of unbranched alkanes of at least 4 members (excludes halogenated alkanes) is 15. The summed E-state index contributed by atoms with van der Waals surface area (Å²) in [6.45, 7) is 24.8. The Labute approximate surface area is 270 Å². The summed E-state index contributed by atoms with van der Waals surface area (Å²) < 4.78 is 0. The van der Waals surface area contributed by atoms with E-state index >= 15 is 0 Å². The van der Waals surface area contributed by atoms with Crippen LogP contribution in [0.5, 0.6) is 0 Å². The molecule has 0 saturated carbocycles. The van der Waals surface area contributed by atoms with Gasteiger partial charge in [-0.2, -0.15) is 0 Å². The van der Waals surface area contributed by atoms with Gasteiger partial charge in [0.05, 0.1) is 0 Å². The van der Waals surface area contributed by atoms with E-state index in [0.29, 0.717) is 0 Å². The van der Waals surface area contributed by atoms with E-state index in [2.05, 4.69) is 55.1 Å². The van der Waals surface area contributed by atoms with Crippen molar-refractivity contribution in [3.8, 4) is 0 Å². The van der Waals surface area contributed by atoms with Gasteiger partial charge in [-0.15, -0.1) is 6.58 Å². The van der Waals surface area contributed by atoms with E-state index in [1.54, 1.807) is 6.92 Å². The van der Waals surface area contributed by atoms with E-state index in [-0.39, 0.29) is 36.3 Å². The lowest BCUT2D eigenvalue weighted by Crippen LogP contribution is -2.45. The quantitative estimate of drug-likeness (QED) is 0.0902. The van der Waals surface area contributed by atoms with Crippen molar-refractivity contribution in [2.45, 2.75) is 173 Å². The summed E-state index contributed by atoms with van der Waals surface area (Å²) in [5.41, 5.74) is 1.33. The first-order valence-electron chi connectivity index (χ1n) is 16.7. The minimum Gasteiger partial charge on any atom is -0.397 e. The second kappa shape index (κ2) is 47.1. The lowest BCUT2D eigenvalue weighted by molar-refractivity contribution is 0.229. The molecule has 1 aliphatic heterocycles. The Bertz CT molecular complexity index is 461. The highest BCUT2D eigenvalue weighted by Gasteiger charge is 2.14. The molecular formula is C38H87N3O. The first-order valence-corrected chi connectivity index (χ1v) is 16.7. The maximum Gasteiger partial charge on any atom is 0.0402 e. The summed E-state index contributed by atoms with van der Waals surface area (Å²) in [4.78, 5) is 5.16. The van der Waals surface area contributed by atoms with Crippen LogP contribution in [0.2, 0.25) is 0 Å². The normalized spacial score (nSPS) is 11.7. The molecule has 0 unspecified atom stereocenters. The highest BCUT2D eigenvalue weighted by molar-refractivity contribution is 4.98. The summed E-state index contributed by atoms with van der Waals surface area (Å²) >= 11 is 0. The summed E-state index contributed by atoms with van der Waals surface area (Å²) in [6.07, 6.45) is 26.8. The van der Waals surface area contributed by atoms with E-state index in [0.717, 1.165) is 39.1 Å². The average Bonchev–Trinajstić information content (AvgIpc) is 2.94. The summed E-state index contributed by atoms with van der Waals surface area (Å²) in [7, 11) is 0. The molecule has 1 aliphatic rings. The number of hydrogen-bond acceptors (Lipinski definition) is 4.